The molecule has 10 rings (SSSR count). The van der Waals surface area contributed by atoms with E-state index in [0.717, 1.165) is 31.7 Å². The number of piperazine rings is 1. The summed E-state index contributed by atoms with van der Waals surface area (Å²) in [6.07, 6.45) is 2.70. The van der Waals surface area contributed by atoms with Gasteiger partial charge in [-0.3, -0.25) is 4.90 Å². The molecule has 0 saturated carbocycles. The van der Waals surface area contributed by atoms with Crippen LogP contribution >= 0.6 is 23.2 Å². The zero-order valence-electron chi connectivity index (χ0n) is 35.8. The van der Waals surface area contributed by atoms with Crippen molar-refractivity contribution in [3.05, 3.63) is 136 Å². The second-order valence-corrected chi connectivity index (χ2v) is 16.7. The Balaban J connectivity index is 1.15. The highest BCUT2D eigenvalue weighted by Gasteiger charge is 2.31. The van der Waals surface area contributed by atoms with E-state index in [0.29, 0.717) is 85.0 Å². The Morgan fingerprint density at radius 2 is 1.71 bits per heavy atom. The van der Waals surface area contributed by atoms with Gasteiger partial charge in [0.25, 0.3) is 0 Å². The van der Waals surface area contributed by atoms with Gasteiger partial charge in [0.2, 0.25) is 12.0 Å². The molecular weight excluding hydrogens is 874 g/mol. The van der Waals surface area contributed by atoms with Crippen LogP contribution in [0.2, 0.25) is 10.2 Å². The number of methoxy groups -OCH3 is 1. The van der Waals surface area contributed by atoms with Crippen molar-refractivity contribution < 1.29 is 38.0 Å². The van der Waals surface area contributed by atoms with Crippen molar-refractivity contribution in [2.24, 2.45) is 0 Å². The van der Waals surface area contributed by atoms with Gasteiger partial charge in [-0.15, -0.1) is 0 Å². The highest BCUT2D eigenvalue weighted by Crippen LogP contribution is 2.48. The van der Waals surface area contributed by atoms with Crippen molar-refractivity contribution in [3.8, 4) is 62.5 Å². The molecule has 7 aromatic rings. The minimum atomic E-state index is -1.48. The van der Waals surface area contributed by atoms with E-state index < -0.39 is 24.0 Å². The molecule has 1 fully saturated rings. The molecule has 6 heterocycles. The Bertz CT molecular complexity index is 2870. The number of carbonyl (C=O) groups is 1. The Kier molecular flexibility index (Phi) is 12.8. The Hall–Kier alpha value is -6.45. The fourth-order valence-corrected chi connectivity index (χ4v) is 8.80. The van der Waals surface area contributed by atoms with Crippen LogP contribution in [-0.4, -0.2) is 106 Å². The second kappa shape index (κ2) is 18.9. The number of fused-ring (bicyclic) bond motifs is 7. The smallest absolute Gasteiger partial charge is 0.345 e. The molecule has 2 atom stereocenters. The van der Waals surface area contributed by atoms with Crippen molar-refractivity contribution in [1.29, 1.82) is 0 Å². The summed E-state index contributed by atoms with van der Waals surface area (Å²) in [4.78, 5) is 31.7. The van der Waals surface area contributed by atoms with E-state index >= 15 is 0 Å². The number of rotatable bonds is 9. The molecule has 0 radical (unpaired) electrons. The summed E-state index contributed by atoms with van der Waals surface area (Å²) in [5.74, 6) is 0.746. The number of hydrogen-bond donors (Lipinski definition) is 1. The topological polar surface area (TPSA) is 133 Å². The summed E-state index contributed by atoms with van der Waals surface area (Å²) in [6, 6.07) is 24.2. The van der Waals surface area contributed by atoms with Gasteiger partial charge in [-0.05, 0) is 85.3 Å². The molecule has 65 heavy (non-hydrogen) atoms. The molecule has 0 spiro atoms. The number of ether oxygens (including phenoxy) is 5. The van der Waals surface area contributed by atoms with Crippen LogP contribution in [0.5, 0.6) is 28.9 Å². The fraction of sp³-hybridized carbons (Fsp3) is 0.265. The van der Waals surface area contributed by atoms with Gasteiger partial charge >= 0.3 is 5.97 Å². The number of carboxylic acids is 1. The summed E-state index contributed by atoms with van der Waals surface area (Å²) in [5.41, 5.74) is 5.23. The molecule has 4 aromatic carbocycles. The van der Waals surface area contributed by atoms with Gasteiger partial charge in [-0.2, -0.15) is 0 Å². The Labute approximate surface area is 384 Å². The van der Waals surface area contributed by atoms with E-state index in [9.17, 15) is 14.3 Å². The molecule has 3 aliphatic rings. The lowest BCUT2D eigenvalue weighted by molar-refractivity contribution is -0.145. The number of benzene rings is 4. The van der Waals surface area contributed by atoms with Crippen LogP contribution in [0.1, 0.15) is 16.8 Å². The van der Waals surface area contributed by atoms with Crippen LogP contribution in [0, 0.1) is 12.7 Å². The van der Waals surface area contributed by atoms with Crippen molar-refractivity contribution in [1.82, 2.24) is 29.2 Å². The molecule has 3 aromatic heterocycles. The monoisotopic (exact) mass is 918 g/mol. The zero-order valence-corrected chi connectivity index (χ0v) is 37.4. The molecule has 16 heteroatoms. The Morgan fingerprint density at radius 1 is 0.908 bits per heavy atom. The summed E-state index contributed by atoms with van der Waals surface area (Å²) in [5, 5.41) is 11.5. The Morgan fingerprint density at radius 3 is 2.49 bits per heavy atom. The highest BCUT2D eigenvalue weighted by molar-refractivity contribution is 6.35. The standard InChI is InChI=1S/C49H45Cl2FN6O7/c1-29-36-13-15-40(44(29)50)64-35(26-57-22-20-56(2)21-23-57)28-62-34-12-14-38(63-27-33-16-17-53-47(55-33)37-6-4-5-7-39(37)61-3)31(24-34)25-41(49(59)60)65-48-45-43(36)42(30-8-10-32(52)11-9-30)46(51)58(45)19-18-54-48/h4-19,24,35,41H,20-23,25-28H2,1-3H3,(H,59,60)/t35-,41?/m1/s1. The lowest BCUT2D eigenvalue weighted by atomic mass is 9.94. The average molecular weight is 920 g/mol. The summed E-state index contributed by atoms with van der Waals surface area (Å²) < 4.78 is 47.7. The largest absolute Gasteiger partial charge is 0.496 e. The third kappa shape index (κ3) is 9.25. The van der Waals surface area contributed by atoms with Crippen LogP contribution in [0.15, 0.2) is 104 Å². The molecule has 0 amide bonds. The number of nitrogens with zero attached hydrogens (tertiary/aromatic N) is 6. The summed E-state index contributed by atoms with van der Waals surface area (Å²) in [7, 11) is 3.70. The van der Waals surface area contributed by atoms with E-state index in [-0.39, 0.29) is 30.7 Å². The summed E-state index contributed by atoms with van der Waals surface area (Å²) in [6.45, 7) is 6.16. The van der Waals surface area contributed by atoms with E-state index in [2.05, 4.69) is 26.8 Å². The number of carboxylic acid groups (broad SMARTS) is 1. The van der Waals surface area contributed by atoms with Gasteiger partial charge in [0, 0.05) is 74.4 Å². The van der Waals surface area contributed by atoms with Gasteiger partial charge in [-0.25, -0.2) is 24.1 Å². The molecule has 13 nitrogen and oxygen atoms in total. The van der Waals surface area contributed by atoms with Gasteiger partial charge in [-0.1, -0.05) is 53.5 Å². The number of hydrogen-bond acceptors (Lipinski definition) is 11. The van der Waals surface area contributed by atoms with E-state index in [1.165, 1.54) is 18.3 Å². The van der Waals surface area contributed by atoms with Crippen molar-refractivity contribution >= 4 is 34.7 Å². The predicted octanol–water partition coefficient (Wildman–Crippen LogP) is 8.93. The molecule has 1 saturated heterocycles. The van der Waals surface area contributed by atoms with E-state index in [1.54, 1.807) is 60.3 Å². The SMILES string of the molecule is COc1ccccc1-c1nccc(COc2ccc3cc2CC(C(=O)O)Oc2nccn4c(Cl)c(-c5ccc(F)cc5)c(c24)-c2ccc(c(Cl)c2C)O[C@H](CN2CCN(C)CC2)CO3)n1. The van der Waals surface area contributed by atoms with Gasteiger partial charge in [0.15, 0.2) is 5.82 Å². The average Bonchev–Trinajstić information content (AvgIpc) is 3.61. The minimum Gasteiger partial charge on any atom is -0.496 e. The van der Waals surface area contributed by atoms with Crippen molar-refractivity contribution in [2.75, 3.05) is 53.5 Å². The predicted molar refractivity (Wildman–Crippen MR) is 245 cm³/mol. The quantitative estimate of drug-likeness (QED) is 0.148. The maximum absolute atomic E-state index is 14.3. The molecule has 1 N–H and O–H groups in total. The molecule has 0 aliphatic carbocycles. The van der Waals surface area contributed by atoms with Gasteiger partial charge in [0.1, 0.15) is 58.8 Å². The molecule has 3 aliphatic heterocycles. The van der Waals surface area contributed by atoms with Gasteiger partial charge < -0.3 is 38.1 Å². The van der Waals surface area contributed by atoms with Gasteiger partial charge in [0.05, 0.1) is 23.4 Å². The number of para-hydroxylation sites is 1. The van der Waals surface area contributed by atoms with E-state index in [1.807, 2.05) is 43.3 Å². The van der Waals surface area contributed by atoms with Crippen molar-refractivity contribution in [2.45, 2.75) is 32.2 Å². The maximum atomic E-state index is 14.3. The van der Waals surface area contributed by atoms with Crippen LogP contribution in [0.4, 0.5) is 4.39 Å². The number of likely N-dealkylation sites (N-methyl/N-ethyl adjacent to an activating group) is 1. The van der Waals surface area contributed by atoms with Crippen LogP contribution in [0.25, 0.3) is 39.2 Å². The van der Waals surface area contributed by atoms with Crippen molar-refractivity contribution in [3.63, 3.8) is 0 Å². The fourth-order valence-electron chi connectivity index (χ4n) is 8.25. The normalized spacial score (nSPS) is 16.9. The number of aromatic nitrogens is 4. The highest BCUT2D eigenvalue weighted by atomic mass is 35.5. The molecule has 4 bridgehead atoms. The second-order valence-electron chi connectivity index (χ2n) is 16.0. The lowest BCUT2D eigenvalue weighted by Crippen LogP contribution is -2.49. The first kappa shape index (κ1) is 43.8. The minimum absolute atomic E-state index is 0.00250. The number of halogens is 3. The first-order valence-electron chi connectivity index (χ1n) is 21.1. The third-order valence-corrected chi connectivity index (χ3v) is 12.5. The van der Waals surface area contributed by atoms with Crippen LogP contribution in [-0.2, 0) is 17.8 Å². The zero-order chi connectivity index (χ0) is 45.2. The molecular formula is C49H45Cl2FN6O7. The maximum Gasteiger partial charge on any atom is 0.345 e. The lowest BCUT2D eigenvalue weighted by Gasteiger charge is -2.34. The van der Waals surface area contributed by atoms with Crippen LogP contribution in [0.3, 0.4) is 0 Å². The van der Waals surface area contributed by atoms with Crippen LogP contribution < -0.4 is 23.7 Å². The first-order chi connectivity index (χ1) is 31.5. The third-order valence-electron chi connectivity index (χ3n) is 11.7. The molecule has 334 valence electrons. The number of aliphatic carboxylic acids is 1. The first-order valence-corrected chi connectivity index (χ1v) is 21.8. The van der Waals surface area contributed by atoms with E-state index in [4.69, 9.17) is 51.9 Å². The summed E-state index contributed by atoms with van der Waals surface area (Å²) >= 11 is 14.5. The molecule has 1 unspecified atom stereocenters.